The number of aliphatic hydroxyl groups excluding tert-OH is 1. The molecule has 0 aliphatic carbocycles. The van der Waals surface area contributed by atoms with E-state index in [-0.39, 0.29) is 18.6 Å². The molecule has 0 spiro atoms. The lowest BCUT2D eigenvalue weighted by molar-refractivity contribution is -0.118. The second-order valence-electron chi connectivity index (χ2n) is 7.03. The number of methoxy groups -OCH3 is 1. The molecule has 0 radical (unpaired) electrons. The first-order valence-electron chi connectivity index (χ1n) is 9.78. The molecule has 0 fully saturated rings. The van der Waals surface area contributed by atoms with Crippen LogP contribution in [0.15, 0.2) is 35.9 Å². The van der Waals surface area contributed by atoms with Crippen molar-refractivity contribution < 1.29 is 27.8 Å². The van der Waals surface area contributed by atoms with E-state index in [1.165, 1.54) is 0 Å². The van der Waals surface area contributed by atoms with Crippen LogP contribution in [-0.4, -0.2) is 30.6 Å². The van der Waals surface area contributed by atoms with Crippen LogP contribution in [0.3, 0.4) is 0 Å². The Morgan fingerprint density at radius 2 is 1.90 bits per heavy atom. The highest BCUT2D eigenvalue weighted by Crippen LogP contribution is 2.25. The van der Waals surface area contributed by atoms with E-state index >= 15 is 0 Å². The summed E-state index contributed by atoms with van der Waals surface area (Å²) in [7, 11) is 1.55. The monoisotopic (exact) mass is 455 g/mol. The molecule has 1 amide bonds. The lowest BCUT2D eigenvalue weighted by Gasteiger charge is -2.20. The predicted molar refractivity (Wildman–Crippen MR) is 115 cm³/mol. The van der Waals surface area contributed by atoms with Crippen molar-refractivity contribution in [1.82, 2.24) is 5.32 Å². The van der Waals surface area contributed by atoms with Gasteiger partial charge in [-0.1, -0.05) is 12.1 Å². The van der Waals surface area contributed by atoms with Crippen LogP contribution in [0.1, 0.15) is 42.0 Å². The number of aryl methyl sites for hydroxylation is 1. The highest BCUT2D eigenvalue weighted by atomic mass is 35.5. The summed E-state index contributed by atoms with van der Waals surface area (Å²) < 4.78 is 46.0. The standard InChI is InChI=1S/C23H25ClF3NO3/c1-14-5-6-15(11-21(14)31-2)10-16(4-3-8-24)23(30)28-20(7-9-29)17-12-18(25)22(27)19(26)13-17/h5-6,10-13,20,29H,3-4,7-9H2,1-2H3,(H,28,30). The van der Waals surface area contributed by atoms with Gasteiger partial charge in [-0.3, -0.25) is 4.79 Å². The summed E-state index contributed by atoms with van der Waals surface area (Å²) in [6.07, 6.45) is 2.58. The summed E-state index contributed by atoms with van der Waals surface area (Å²) in [4.78, 5) is 13.0. The number of carbonyl (C=O) groups excluding carboxylic acids is 1. The molecule has 0 aliphatic rings. The number of carbonyl (C=O) groups is 1. The fourth-order valence-electron chi connectivity index (χ4n) is 3.11. The minimum atomic E-state index is -1.59. The van der Waals surface area contributed by atoms with E-state index in [0.717, 1.165) is 23.3 Å². The van der Waals surface area contributed by atoms with E-state index in [0.29, 0.717) is 30.0 Å². The van der Waals surface area contributed by atoms with Gasteiger partial charge in [-0.05, 0) is 67.2 Å². The molecule has 0 saturated heterocycles. The maximum atomic E-state index is 13.7. The van der Waals surface area contributed by atoms with Crippen molar-refractivity contribution in [2.75, 3.05) is 19.6 Å². The zero-order valence-electron chi connectivity index (χ0n) is 17.4. The van der Waals surface area contributed by atoms with Crippen LogP contribution in [0.2, 0.25) is 0 Å². The lowest BCUT2D eigenvalue weighted by atomic mass is 10.0. The molecule has 2 aromatic carbocycles. The molecule has 2 N–H and O–H groups in total. The second kappa shape index (κ2) is 11.8. The first-order valence-corrected chi connectivity index (χ1v) is 10.3. The first-order chi connectivity index (χ1) is 14.8. The molecule has 0 heterocycles. The largest absolute Gasteiger partial charge is 0.496 e. The van der Waals surface area contributed by atoms with E-state index in [2.05, 4.69) is 5.32 Å². The number of rotatable bonds is 10. The Hall–Kier alpha value is -2.51. The van der Waals surface area contributed by atoms with Crippen LogP contribution in [0.5, 0.6) is 5.75 Å². The van der Waals surface area contributed by atoms with Gasteiger partial charge in [0, 0.05) is 18.1 Å². The van der Waals surface area contributed by atoms with Crippen molar-refractivity contribution in [2.45, 2.75) is 32.2 Å². The molecular formula is C23H25ClF3NO3. The zero-order chi connectivity index (χ0) is 23.0. The van der Waals surface area contributed by atoms with E-state index in [1.54, 1.807) is 19.3 Å². The molecular weight excluding hydrogens is 431 g/mol. The summed E-state index contributed by atoms with van der Waals surface area (Å²) in [5, 5.41) is 12.0. The van der Waals surface area contributed by atoms with Gasteiger partial charge in [-0.2, -0.15) is 0 Å². The van der Waals surface area contributed by atoms with E-state index in [9.17, 15) is 23.1 Å². The Bertz CT molecular complexity index is 927. The Kier molecular flexibility index (Phi) is 9.40. The van der Waals surface area contributed by atoms with Gasteiger partial charge in [-0.25, -0.2) is 13.2 Å². The minimum Gasteiger partial charge on any atom is -0.496 e. The van der Waals surface area contributed by atoms with Gasteiger partial charge in [0.05, 0.1) is 13.2 Å². The van der Waals surface area contributed by atoms with Gasteiger partial charge in [-0.15, -0.1) is 11.6 Å². The van der Waals surface area contributed by atoms with Crippen LogP contribution in [0, 0.1) is 24.4 Å². The van der Waals surface area contributed by atoms with Gasteiger partial charge in [0.2, 0.25) is 5.91 Å². The number of ether oxygens (including phenoxy) is 1. The number of halogens is 4. The van der Waals surface area contributed by atoms with Gasteiger partial charge in [0.1, 0.15) is 5.75 Å². The van der Waals surface area contributed by atoms with Gasteiger partial charge in [0.25, 0.3) is 0 Å². The highest BCUT2D eigenvalue weighted by molar-refractivity contribution is 6.17. The van der Waals surface area contributed by atoms with Crippen molar-refractivity contribution in [2.24, 2.45) is 0 Å². The normalized spacial score (nSPS) is 12.5. The van der Waals surface area contributed by atoms with Crippen LogP contribution in [0.25, 0.3) is 6.08 Å². The zero-order valence-corrected chi connectivity index (χ0v) is 18.1. The molecule has 8 heteroatoms. The average Bonchev–Trinajstić information content (AvgIpc) is 2.75. The second-order valence-corrected chi connectivity index (χ2v) is 7.41. The van der Waals surface area contributed by atoms with E-state index < -0.39 is 29.4 Å². The van der Waals surface area contributed by atoms with Crippen molar-refractivity contribution >= 4 is 23.6 Å². The minimum absolute atomic E-state index is 0.00259. The number of aliphatic hydroxyl groups is 1. The molecule has 0 aliphatic heterocycles. The van der Waals surface area contributed by atoms with Crippen LogP contribution in [0.4, 0.5) is 13.2 Å². The van der Waals surface area contributed by atoms with E-state index in [4.69, 9.17) is 16.3 Å². The summed E-state index contributed by atoms with van der Waals surface area (Å²) in [5.74, 6) is -3.78. The number of benzene rings is 2. The molecule has 2 rings (SSSR count). The van der Waals surface area contributed by atoms with Gasteiger partial charge in [0.15, 0.2) is 17.5 Å². The van der Waals surface area contributed by atoms with Crippen LogP contribution >= 0.6 is 11.6 Å². The third kappa shape index (κ3) is 6.74. The molecule has 4 nitrogen and oxygen atoms in total. The Morgan fingerprint density at radius 3 is 2.48 bits per heavy atom. The average molecular weight is 456 g/mol. The Labute approximate surface area is 184 Å². The van der Waals surface area contributed by atoms with Crippen molar-refractivity contribution in [3.8, 4) is 5.75 Å². The van der Waals surface area contributed by atoms with Crippen LogP contribution in [-0.2, 0) is 4.79 Å². The van der Waals surface area contributed by atoms with Crippen molar-refractivity contribution in [3.05, 3.63) is 70.0 Å². The quantitative estimate of drug-likeness (QED) is 0.299. The number of hydrogen-bond donors (Lipinski definition) is 2. The summed E-state index contributed by atoms with van der Waals surface area (Å²) in [6, 6.07) is 6.20. The van der Waals surface area contributed by atoms with Crippen LogP contribution < -0.4 is 10.1 Å². The topological polar surface area (TPSA) is 58.6 Å². The lowest BCUT2D eigenvalue weighted by Crippen LogP contribution is -2.30. The van der Waals surface area contributed by atoms with Gasteiger partial charge < -0.3 is 15.2 Å². The molecule has 1 atom stereocenters. The third-order valence-electron chi connectivity index (χ3n) is 4.78. The number of hydrogen-bond acceptors (Lipinski definition) is 3. The summed E-state index contributed by atoms with van der Waals surface area (Å²) in [6.45, 7) is 1.55. The molecule has 31 heavy (non-hydrogen) atoms. The molecule has 168 valence electrons. The maximum Gasteiger partial charge on any atom is 0.247 e. The SMILES string of the molecule is COc1cc(C=C(CCCCl)C(=O)NC(CCO)c2cc(F)c(F)c(F)c2)ccc1C. The fourth-order valence-corrected chi connectivity index (χ4v) is 3.25. The maximum absolute atomic E-state index is 13.7. The molecule has 0 bridgehead atoms. The highest BCUT2D eigenvalue weighted by Gasteiger charge is 2.21. The molecule has 1 unspecified atom stereocenters. The predicted octanol–water partition coefficient (Wildman–Crippen LogP) is 5.06. The summed E-state index contributed by atoms with van der Waals surface area (Å²) >= 11 is 5.79. The van der Waals surface area contributed by atoms with Crippen molar-refractivity contribution in [1.29, 1.82) is 0 Å². The molecule has 0 saturated carbocycles. The smallest absolute Gasteiger partial charge is 0.247 e. The third-order valence-corrected chi connectivity index (χ3v) is 5.04. The molecule has 2 aromatic rings. The van der Waals surface area contributed by atoms with E-state index in [1.807, 2.05) is 19.1 Å². The molecule has 0 aromatic heterocycles. The summed E-state index contributed by atoms with van der Waals surface area (Å²) in [5.41, 5.74) is 2.10. The van der Waals surface area contributed by atoms with Gasteiger partial charge >= 0.3 is 0 Å². The van der Waals surface area contributed by atoms with Crippen molar-refractivity contribution in [3.63, 3.8) is 0 Å². The Balaban J connectivity index is 2.34. The number of alkyl halides is 1. The Morgan fingerprint density at radius 1 is 1.23 bits per heavy atom. The number of amides is 1. The number of nitrogens with one attached hydrogen (secondary N) is 1. The first kappa shape index (κ1) is 24.8. The fraction of sp³-hybridized carbons (Fsp3) is 0.348.